The zero-order chi connectivity index (χ0) is 9.26. The van der Waals surface area contributed by atoms with Gasteiger partial charge in [0.2, 0.25) is 0 Å². The molecule has 2 rings (SSSR count). The van der Waals surface area contributed by atoms with Crippen LogP contribution in [-0.4, -0.2) is 21.4 Å². The summed E-state index contributed by atoms with van der Waals surface area (Å²) in [7, 11) is 0. The lowest BCUT2D eigenvalue weighted by Gasteiger charge is -1.98. The van der Waals surface area contributed by atoms with Crippen LogP contribution >= 0.6 is 0 Å². The van der Waals surface area contributed by atoms with E-state index in [4.69, 9.17) is 0 Å². The highest BCUT2D eigenvalue weighted by atomic mass is 16.3. The van der Waals surface area contributed by atoms with Gasteiger partial charge in [0.15, 0.2) is 6.29 Å². The smallest absolute Gasteiger partial charge is 0.153 e. The lowest BCUT2D eigenvalue weighted by molar-refractivity contribution is -0.115. The van der Waals surface area contributed by atoms with E-state index >= 15 is 0 Å². The van der Waals surface area contributed by atoms with Crippen LogP contribution in [0.4, 0.5) is 0 Å². The number of fused-ring (bicyclic) bond motifs is 1. The maximum absolute atomic E-state index is 10.4. The fraction of sp³-hybridized carbons (Fsp3) is 0.111. The lowest BCUT2D eigenvalue weighted by Crippen LogP contribution is -1.96. The number of nitrogens with one attached hydrogen (secondary N) is 1. The number of rotatable bonds is 2. The monoisotopic (exact) mass is 176 g/mol. The lowest BCUT2D eigenvalue weighted by atomic mass is 10.1. The summed E-state index contributed by atoms with van der Waals surface area (Å²) in [6.07, 6.45) is 2.67. The third-order valence-electron chi connectivity index (χ3n) is 1.93. The van der Waals surface area contributed by atoms with Crippen LogP contribution in [0.1, 0.15) is 11.7 Å². The van der Waals surface area contributed by atoms with Crippen LogP contribution < -0.4 is 0 Å². The quantitative estimate of drug-likeness (QED) is 0.665. The first-order valence-electron chi connectivity index (χ1n) is 3.88. The number of aromatic amines is 1. The van der Waals surface area contributed by atoms with Gasteiger partial charge in [0.05, 0.1) is 0 Å². The number of pyridine rings is 1. The number of aldehydes is 1. The van der Waals surface area contributed by atoms with Crippen molar-refractivity contribution in [2.24, 2.45) is 0 Å². The second-order valence-corrected chi connectivity index (χ2v) is 2.72. The van der Waals surface area contributed by atoms with Crippen molar-refractivity contribution in [3.63, 3.8) is 0 Å². The van der Waals surface area contributed by atoms with Crippen molar-refractivity contribution in [1.82, 2.24) is 9.97 Å². The molecule has 2 heterocycles. The summed E-state index contributed by atoms with van der Waals surface area (Å²) in [4.78, 5) is 17.3. The summed E-state index contributed by atoms with van der Waals surface area (Å²) < 4.78 is 0. The molecule has 0 aliphatic carbocycles. The molecule has 2 aromatic rings. The fourth-order valence-corrected chi connectivity index (χ4v) is 1.30. The maximum atomic E-state index is 10.4. The van der Waals surface area contributed by atoms with Crippen LogP contribution in [0.15, 0.2) is 24.5 Å². The molecule has 1 unspecified atom stereocenters. The molecule has 0 saturated heterocycles. The van der Waals surface area contributed by atoms with Gasteiger partial charge in [-0.1, -0.05) is 0 Å². The highest BCUT2D eigenvalue weighted by Crippen LogP contribution is 2.20. The molecule has 2 N–H and O–H groups in total. The van der Waals surface area contributed by atoms with Crippen molar-refractivity contribution < 1.29 is 9.90 Å². The van der Waals surface area contributed by atoms with Gasteiger partial charge in [-0.3, -0.25) is 0 Å². The van der Waals surface area contributed by atoms with Gasteiger partial charge in [-0.25, -0.2) is 4.98 Å². The summed E-state index contributed by atoms with van der Waals surface area (Å²) in [6.45, 7) is 0. The Labute approximate surface area is 74.2 Å². The molecule has 0 amide bonds. The molecule has 2 aromatic heterocycles. The van der Waals surface area contributed by atoms with E-state index < -0.39 is 6.10 Å². The first-order chi connectivity index (χ1) is 6.33. The van der Waals surface area contributed by atoms with Crippen molar-refractivity contribution in [3.8, 4) is 0 Å². The minimum Gasteiger partial charge on any atom is -0.381 e. The van der Waals surface area contributed by atoms with Crippen LogP contribution in [0.3, 0.4) is 0 Å². The van der Waals surface area contributed by atoms with Gasteiger partial charge in [0.25, 0.3) is 0 Å². The van der Waals surface area contributed by atoms with E-state index in [1.807, 2.05) is 0 Å². The minimum absolute atomic E-state index is 0.496. The number of aliphatic hydroxyl groups excluding tert-OH is 1. The van der Waals surface area contributed by atoms with Crippen LogP contribution in [0.2, 0.25) is 0 Å². The highest BCUT2D eigenvalue weighted by molar-refractivity contribution is 5.83. The third kappa shape index (κ3) is 1.21. The van der Waals surface area contributed by atoms with E-state index in [-0.39, 0.29) is 0 Å². The summed E-state index contributed by atoms with van der Waals surface area (Å²) >= 11 is 0. The number of H-pyrrole nitrogens is 1. The van der Waals surface area contributed by atoms with Crippen molar-refractivity contribution in [3.05, 3.63) is 30.1 Å². The van der Waals surface area contributed by atoms with Crippen molar-refractivity contribution in [2.45, 2.75) is 6.10 Å². The van der Waals surface area contributed by atoms with Crippen LogP contribution in [-0.2, 0) is 4.79 Å². The molecular formula is C9H8N2O2. The van der Waals surface area contributed by atoms with Gasteiger partial charge in [-0.15, -0.1) is 0 Å². The zero-order valence-corrected chi connectivity index (χ0v) is 6.77. The Morgan fingerprint density at radius 2 is 2.46 bits per heavy atom. The maximum Gasteiger partial charge on any atom is 0.153 e. The molecule has 0 aromatic carbocycles. The Balaban J connectivity index is 2.64. The molecule has 4 heteroatoms. The highest BCUT2D eigenvalue weighted by Gasteiger charge is 2.11. The zero-order valence-electron chi connectivity index (χ0n) is 6.77. The summed E-state index contributed by atoms with van der Waals surface area (Å²) in [5.41, 5.74) is 1.25. The summed E-state index contributed by atoms with van der Waals surface area (Å²) in [5, 5.41) is 10.1. The van der Waals surface area contributed by atoms with E-state index in [0.717, 1.165) is 5.39 Å². The van der Waals surface area contributed by atoms with E-state index in [1.54, 1.807) is 24.5 Å². The van der Waals surface area contributed by atoms with Gasteiger partial charge >= 0.3 is 0 Å². The minimum atomic E-state index is -1.07. The normalized spacial score (nSPS) is 13.0. The molecule has 0 bridgehead atoms. The van der Waals surface area contributed by atoms with Gasteiger partial charge < -0.3 is 14.9 Å². The standard InChI is InChI=1S/C9H8N2O2/c12-5-8(13)7-4-11-9-6(7)2-1-3-10-9/h1-5,8,13H,(H,10,11). The van der Waals surface area contributed by atoms with Crippen LogP contribution in [0, 0.1) is 0 Å². The summed E-state index contributed by atoms with van der Waals surface area (Å²) in [5.74, 6) is 0. The first kappa shape index (κ1) is 7.94. The first-order valence-corrected chi connectivity index (χ1v) is 3.88. The number of carbonyl (C=O) groups is 1. The predicted octanol–water partition coefficient (Wildman–Crippen LogP) is 0.795. The second kappa shape index (κ2) is 2.99. The van der Waals surface area contributed by atoms with Crippen LogP contribution in [0.5, 0.6) is 0 Å². The summed E-state index contributed by atoms with van der Waals surface area (Å²) in [6, 6.07) is 3.57. The Bertz CT molecular complexity index is 436. The number of hydrogen-bond donors (Lipinski definition) is 2. The average molecular weight is 176 g/mol. The molecule has 13 heavy (non-hydrogen) atoms. The Morgan fingerprint density at radius 1 is 1.62 bits per heavy atom. The SMILES string of the molecule is O=CC(O)c1c[nH]c2ncccc12. The van der Waals surface area contributed by atoms with Crippen molar-refractivity contribution in [1.29, 1.82) is 0 Å². The van der Waals surface area contributed by atoms with Gasteiger partial charge in [-0.05, 0) is 12.1 Å². The molecule has 0 aliphatic heterocycles. The van der Waals surface area contributed by atoms with E-state index in [9.17, 15) is 9.90 Å². The predicted molar refractivity (Wildman–Crippen MR) is 47.1 cm³/mol. The second-order valence-electron chi connectivity index (χ2n) is 2.72. The number of nitrogens with zero attached hydrogens (tertiary/aromatic N) is 1. The molecule has 0 aliphatic rings. The number of aliphatic hydroxyl groups is 1. The van der Waals surface area contributed by atoms with E-state index in [0.29, 0.717) is 17.5 Å². The number of carbonyl (C=O) groups excluding carboxylic acids is 1. The third-order valence-corrected chi connectivity index (χ3v) is 1.93. The van der Waals surface area contributed by atoms with Gasteiger partial charge in [-0.2, -0.15) is 0 Å². The molecule has 0 fully saturated rings. The molecule has 4 nitrogen and oxygen atoms in total. The van der Waals surface area contributed by atoms with E-state index in [2.05, 4.69) is 9.97 Å². The van der Waals surface area contributed by atoms with E-state index in [1.165, 1.54) is 0 Å². The molecule has 0 radical (unpaired) electrons. The molecule has 1 atom stereocenters. The Hall–Kier alpha value is -1.68. The molecule has 0 saturated carbocycles. The topological polar surface area (TPSA) is 66.0 Å². The molecule has 66 valence electrons. The largest absolute Gasteiger partial charge is 0.381 e. The molecule has 0 spiro atoms. The Kier molecular flexibility index (Phi) is 1.83. The van der Waals surface area contributed by atoms with Crippen LogP contribution in [0.25, 0.3) is 11.0 Å². The fourth-order valence-electron chi connectivity index (χ4n) is 1.30. The van der Waals surface area contributed by atoms with Gasteiger partial charge in [0.1, 0.15) is 11.8 Å². The Morgan fingerprint density at radius 3 is 3.23 bits per heavy atom. The number of hydrogen-bond acceptors (Lipinski definition) is 3. The van der Waals surface area contributed by atoms with Crippen molar-refractivity contribution in [2.75, 3.05) is 0 Å². The number of aromatic nitrogens is 2. The molecular weight excluding hydrogens is 168 g/mol. The van der Waals surface area contributed by atoms with Crippen molar-refractivity contribution >= 4 is 17.3 Å². The average Bonchev–Trinajstić information content (AvgIpc) is 2.60. The van der Waals surface area contributed by atoms with Gasteiger partial charge in [0, 0.05) is 23.3 Å².